The standard InChI is InChI=1S/C14H26N2O/c1-17-13-4-2-3-12(9-13)15-14-10-16-7-5-11(14)6-8-16/h11-15H,2-10H2,1H3. The average molecular weight is 238 g/mol. The lowest BCUT2D eigenvalue weighted by molar-refractivity contribution is 0.0354. The van der Waals surface area contributed by atoms with Crippen molar-refractivity contribution in [2.24, 2.45) is 5.92 Å². The fourth-order valence-corrected chi connectivity index (χ4v) is 3.97. The molecule has 3 saturated heterocycles. The van der Waals surface area contributed by atoms with E-state index in [1.165, 1.54) is 58.2 Å². The fraction of sp³-hybridized carbons (Fsp3) is 1.00. The van der Waals surface area contributed by atoms with E-state index in [1.54, 1.807) is 0 Å². The second-order valence-electron chi connectivity index (χ2n) is 6.13. The van der Waals surface area contributed by atoms with E-state index in [2.05, 4.69) is 10.2 Å². The highest BCUT2D eigenvalue weighted by molar-refractivity contribution is 4.93. The highest BCUT2D eigenvalue weighted by Gasteiger charge is 2.35. The maximum absolute atomic E-state index is 5.52. The van der Waals surface area contributed by atoms with Crippen LogP contribution < -0.4 is 5.32 Å². The van der Waals surface area contributed by atoms with Gasteiger partial charge in [-0.05, 0) is 57.5 Å². The lowest BCUT2D eigenvalue weighted by Crippen LogP contribution is -2.58. The molecule has 98 valence electrons. The molecule has 0 radical (unpaired) electrons. The predicted molar refractivity (Wildman–Crippen MR) is 69.1 cm³/mol. The first-order valence-corrected chi connectivity index (χ1v) is 7.36. The Morgan fingerprint density at radius 1 is 1.12 bits per heavy atom. The van der Waals surface area contributed by atoms with Crippen molar-refractivity contribution in [3.8, 4) is 0 Å². The number of nitrogens with zero attached hydrogens (tertiary/aromatic N) is 1. The van der Waals surface area contributed by atoms with Gasteiger partial charge in [-0.15, -0.1) is 0 Å². The van der Waals surface area contributed by atoms with Gasteiger partial charge < -0.3 is 15.0 Å². The van der Waals surface area contributed by atoms with E-state index in [4.69, 9.17) is 4.74 Å². The summed E-state index contributed by atoms with van der Waals surface area (Å²) in [7, 11) is 1.86. The van der Waals surface area contributed by atoms with Gasteiger partial charge in [0, 0.05) is 25.7 Å². The molecule has 4 fully saturated rings. The van der Waals surface area contributed by atoms with E-state index in [0.717, 1.165) is 12.0 Å². The van der Waals surface area contributed by atoms with Crippen molar-refractivity contribution >= 4 is 0 Å². The summed E-state index contributed by atoms with van der Waals surface area (Å²) in [6, 6.07) is 1.47. The van der Waals surface area contributed by atoms with E-state index in [-0.39, 0.29) is 0 Å². The fourth-order valence-electron chi connectivity index (χ4n) is 3.97. The molecule has 4 rings (SSSR count). The quantitative estimate of drug-likeness (QED) is 0.809. The molecule has 4 aliphatic rings. The van der Waals surface area contributed by atoms with Crippen LogP contribution in [0, 0.1) is 5.92 Å². The molecule has 0 spiro atoms. The molecule has 3 unspecified atom stereocenters. The van der Waals surface area contributed by atoms with E-state index in [0.29, 0.717) is 12.1 Å². The third kappa shape index (κ3) is 2.67. The Hall–Kier alpha value is -0.120. The van der Waals surface area contributed by atoms with Crippen LogP contribution >= 0.6 is 0 Å². The van der Waals surface area contributed by atoms with Gasteiger partial charge in [0.25, 0.3) is 0 Å². The Morgan fingerprint density at radius 3 is 2.59 bits per heavy atom. The second kappa shape index (κ2) is 5.25. The molecule has 3 atom stereocenters. The maximum atomic E-state index is 5.52. The van der Waals surface area contributed by atoms with Gasteiger partial charge in [0.05, 0.1) is 6.10 Å². The number of methoxy groups -OCH3 is 1. The maximum Gasteiger partial charge on any atom is 0.0586 e. The first-order chi connectivity index (χ1) is 8.35. The van der Waals surface area contributed by atoms with Crippen LogP contribution in [-0.4, -0.2) is 49.8 Å². The molecule has 0 aromatic rings. The lowest BCUT2D eigenvalue weighted by Gasteiger charge is -2.47. The van der Waals surface area contributed by atoms with Gasteiger partial charge >= 0.3 is 0 Å². The van der Waals surface area contributed by atoms with E-state index in [1.807, 2.05) is 7.11 Å². The molecule has 2 bridgehead atoms. The highest BCUT2D eigenvalue weighted by Crippen LogP contribution is 2.29. The summed E-state index contributed by atoms with van der Waals surface area (Å²) < 4.78 is 5.52. The lowest BCUT2D eigenvalue weighted by atomic mass is 9.82. The van der Waals surface area contributed by atoms with Gasteiger partial charge in [-0.25, -0.2) is 0 Å². The summed E-state index contributed by atoms with van der Waals surface area (Å²) in [5, 5.41) is 3.93. The number of fused-ring (bicyclic) bond motifs is 3. The first-order valence-electron chi connectivity index (χ1n) is 7.36. The molecule has 3 nitrogen and oxygen atoms in total. The third-order valence-electron chi connectivity index (χ3n) is 5.07. The van der Waals surface area contributed by atoms with Crippen LogP contribution in [0.4, 0.5) is 0 Å². The molecule has 3 heteroatoms. The van der Waals surface area contributed by atoms with E-state index >= 15 is 0 Å². The summed E-state index contributed by atoms with van der Waals surface area (Å²) in [6.45, 7) is 3.97. The molecule has 1 N–H and O–H groups in total. The minimum Gasteiger partial charge on any atom is -0.381 e. The zero-order valence-electron chi connectivity index (χ0n) is 11.0. The number of rotatable bonds is 3. The van der Waals surface area contributed by atoms with Crippen molar-refractivity contribution in [2.45, 2.75) is 56.7 Å². The van der Waals surface area contributed by atoms with Gasteiger partial charge in [-0.3, -0.25) is 0 Å². The molecular weight excluding hydrogens is 212 g/mol. The summed E-state index contributed by atoms with van der Waals surface area (Å²) in [6.07, 6.45) is 8.49. The van der Waals surface area contributed by atoms with Gasteiger partial charge in [0.1, 0.15) is 0 Å². The zero-order chi connectivity index (χ0) is 11.7. The topological polar surface area (TPSA) is 24.5 Å². The molecule has 3 aliphatic heterocycles. The number of piperidine rings is 3. The molecule has 17 heavy (non-hydrogen) atoms. The van der Waals surface area contributed by atoms with Gasteiger partial charge in [-0.1, -0.05) is 0 Å². The van der Waals surface area contributed by atoms with Crippen LogP contribution in [0.25, 0.3) is 0 Å². The largest absolute Gasteiger partial charge is 0.381 e. The Labute approximate surface area is 105 Å². The van der Waals surface area contributed by atoms with Crippen molar-refractivity contribution in [3.63, 3.8) is 0 Å². The number of ether oxygens (including phenoxy) is 1. The minimum absolute atomic E-state index is 0.502. The van der Waals surface area contributed by atoms with Crippen molar-refractivity contribution in [2.75, 3.05) is 26.7 Å². The van der Waals surface area contributed by atoms with Gasteiger partial charge in [-0.2, -0.15) is 0 Å². The Balaban J connectivity index is 1.52. The van der Waals surface area contributed by atoms with Crippen LogP contribution in [0.3, 0.4) is 0 Å². The average Bonchev–Trinajstić information content (AvgIpc) is 2.40. The van der Waals surface area contributed by atoms with Crippen molar-refractivity contribution < 1.29 is 4.74 Å². The number of hydrogen-bond donors (Lipinski definition) is 1. The van der Waals surface area contributed by atoms with Crippen LogP contribution in [0.2, 0.25) is 0 Å². The SMILES string of the molecule is COC1CCCC(NC2CN3CCC2CC3)C1. The smallest absolute Gasteiger partial charge is 0.0586 e. The highest BCUT2D eigenvalue weighted by atomic mass is 16.5. The molecule has 3 heterocycles. The van der Waals surface area contributed by atoms with Crippen molar-refractivity contribution in [1.82, 2.24) is 10.2 Å². The van der Waals surface area contributed by atoms with Crippen LogP contribution in [0.1, 0.15) is 38.5 Å². The van der Waals surface area contributed by atoms with E-state index in [9.17, 15) is 0 Å². The van der Waals surface area contributed by atoms with Crippen molar-refractivity contribution in [1.29, 1.82) is 0 Å². The number of nitrogens with one attached hydrogen (secondary N) is 1. The molecule has 1 saturated carbocycles. The summed E-state index contributed by atoms with van der Waals surface area (Å²) in [4.78, 5) is 2.63. The van der Waals surface area contributed by atoms with E-state index < -0.39 is 0 Å². The van der Waals surface area contributed by atoms with Crippen LogP contribution in [0.5, 0.6) is 0 Å². The minimum atomic E-state index is 0.502. The molecular formula is C14H26N2O. The number of hydrogen-bond acceptors (Lipinski definition) is 3. The monoisotopic (exact) mass is 238 g/mol. The molecule has 0 aromatic heterocycles. The normalized spacial score (nSPS) is 46.1. The Kier molecular flexibility index (Phi) is 3.69. The third-order valence-corrected chi connectivity index (χ3v) is 5.07. The van der Waals surface area contributed by atoms with Gasteiger partial charge in [0.15, 0.2) is 0 Å². The summed E-state index contributed by atoms with van der Waals surface area (Å²) in [5.74, 6) is 0.947. The Morgan fingerprint density at radius 2 is 1.94 bits per heavy atom. The summed E-state index contributed by atoms with van der Waals surface area (Å²) in [5.41, 5.74) is 0. The van der Waals surface area contributed by atoms with Crippen LogP contribution in [0.15, 0.2) is 0 Å². The molecule has 0 aromatic carbocycles. The van der Waals surface area contributed by atoms with Gasteiger partial charge in [0.2, 0.25) is 0 Å². The summed E-state index contributed by atoms with van der Waals surface area (Å²) >= 11 is 0. The Bertz CT molecular complexity index is 251. The van der Waals surface area contributed by atoms with Crippen molar-refractivity contribution in [3.05, 3.63) is 0 Å². The van der Waals surface area contributed by atoms with Crippen LogP contribution in [-0.2, 0) is 4.74 Å². The first kappa shape index (κ1) is 11.9. The zero-order valence-corrected chi connectivity index (χ0v) is 11.0. The second-order valence-corrected chi connectivity index (χ2v) is 6.13. The predicted octanol–water partition coefficient (Wildman–Crippen LogP) is 1.63. The molecule has 0 amide bonds. The molecule has 1 aliphatic carbocycles.